The van der Waals surface area contributed by atoms with E-state index in [1.807, 2.05) is 12.1 Å². The first kappa shape index (κ1) is 14.3. The second-order valence-corrected chi connectivity index (χ2v) is 4.94. The molecule has 1 aliphatic rings. The van der Waals surface area contributed by atoms with Crippen LogP contribution in [0.15, 0.2) is 52.1 Å². The van der Waals surface area contributed by atoms with Gasteiger partial charge in [0, 0.05) is 18.9 Å². The molecule has 1 amide bonds. The predicted octanol–water partition coefficient (Wildman–Crippen LogP) is 1.08. The SMILES string of the molecule is C=C1C(Br)=C(N)C=NN1CC(=O)NCc1ccncc1. The maximum atomic E-state index is 11.9. The Morgan fingerprint density at radius 2 is 2.15 bits per heavy atom. The van der Waals surface area contributed by atoms with Gasteiger partial charge >= 0.3 is 0 Å². The minimum Gasteiger partial charge on any atom is -0.396 e. The molecule has 6 nitrogen and oxygen atoms in total. The van der Waals surface area contributed by atoms with Gasteiger partial charge in [0.15, 0.2) is 0 Å². The van der Waals surface area contributed by atoms with Crippen LogP contribution in [0.4, 0.5) is 0 Å². The second-order valence-electron chi connectivity index (χ2n) is 4.15. The summed E-state index contributed by atoms with van der Waals surface area (Å²) in [4.78, 5) is 15.8. The summed E-state index contributed by atoms with van der Waals surface area (Å²) in [5.41, 5.74) is 7.72. The van der Waals surface area contributed by atoms with Gasteiger partial charge in [-0.1, -0.05) is 6.58 Å². The number of nitrogens with zero attached hydrogens (tertiary/aromatic N) is 3. The quantitative estimate of drug-likeness (QED) is 0.862. The van der Waals surface area contributed by atoms with E-state index in [1.165, 1.54) is 11.2 Å². The third-order valence-electron chi connectivity index (χ3n) is 2.69. The summed E-state index contributed by atoms with van der Waals surface area (Å²) in [5.74, 6) is -0.152. The van der Waals surface area contributed by atoms with Crippen LogP contribution in [0.2, 0.25) is 0 Å². The summed E-state index contributed by atoms with van der Waals surface area (Å²) >= 11 is 3.31. The van der Waals surface area contributed by atoms with Crippen molar-refractivity contribution in [3.63, 3.8) is 0 Å². The van der Waals surface area contributed by atoms with Crippen LogP contribution in [-0.4, -0.2) is 28.7 Å². The average molecular weight is 336 g/mol. The Morgan fingerprint density at radius 3 is 2.85 bits per heavy atom. The molecule has 0 aliphatic carbocycles. The first-order valence-electron chi connectivity index (χ1n) is 5.89. The van der Waals surface area contributed by atoms with Crippen molar-refractivity contribution in [1.29, 1.82) is 0 Å². The number of carbonyl (C=O) groups is 1. The van der Waals surface area contributed by atoms with Crippen LogP contribution in [0.3, 0.4) is 0 Å². The summed E-state index contributed by atoms with van der Waals surface area (Å²) in [6, 6.07) is 3.69. The number of halogens is 1. The Morgan fingerprint density at radius 1 is 1.45 bits per heavy atom. The zero-order valence-electron chi connectivity index (χ0n) is 10.7. The number of carbonyl (C=O) groups excluding carboxylic acids is 1. The normalized spacial score (nSPS) is 14.7. The molecule has 7 heteroatoms. The third-order valence-corrected chi connectivity index (χ3v) is 3.60. The van der Waals surface area contributed by atoms with E-state index in [2.05, 4.69) is 37.9 Å². The summed E-state index contributed by atoms with van der Waals surface area (Å²) in [6.07, 6.45) is 4.85. The lowest BCUT2D eigenvalue weighted by molar-refractivity contribution is -0.121. The number of nitrogens with one attached hydrogen (secondary N) is 1. The van der Waals surface area contributed by atoms with Gasteiger partial charge in [0.1, 0.15) is 6.54 Å². The number of aromatic nitrogens is 1. The minimum atomic E-state index is -0.152. The van der Waals surface area contributed by atoms with Crippen LogP contribution in [0.25, 0.3) is 0 Å². The first-order chi connectivity index (χ1) is 9.58. The van der Waals surface area contributed by atoms with Crippen molar-refractivity contribution in [1.82, 2.24) is 15.3 Å². The standard InChI is InChI=1S/C13H14BrN5O/c1-9-13(14)11(15)7-18-19(9)8-12(20)17-6-10-2-4-16-5-3-10/h2-5,7H,1,6,8,15H2,(H,17,20). The van der Waals surface area contributed by atoms with Crippen LogP contribution in [0.1, 0.15) is 5.56 Å². The Labute approximate surface area is 125 Å². The monoisotopic (exact) mass is 335 g/mol. The molecule has 0 saturated carbocycles. The maximum Gasteiger partial charge on any atom is 0.242 e. The number of rotatable bonds is 4. The molecule has 1 aromatic heterocycles. The molecular weight excluding hydrogens is 322 g/mol. The van der Waals surface area contributed by atoms with Crippen LogP contribution in [-0.2, 0) is 11.3 Å². The number of hydrogen-bond acceptors (Lipinski definition) is 5. The molecule has 2 rings (SSSR count). The largest absolute Gasteiger partial charge is 0.396 e. The van der Waals surface area contributed by atoms with Crippen molar-refractivity contribution >= 4 is 28.1 Å². The molecular formula is C13H14BrN5O. The second kappa shape index (κ2) is 6.33. The highest BCUT2D eigenvalue weighted by Crippen LogP contribution is 2.24. The van der Waals surface area contributed by atoms with Crippen molar-refractivity contribution in [3.05, 3.63) is 52.5 Å². The van der Waals surface area contributed by atoms with E-state index >= 15 is 0 Å². The van der Waals surface area contributed by atoms with Crippen molar-refractivity contribution in [2.24, 2.45) is 10.8 Å². The highest BCUT2D eigenvalue weighted by molar-refractivity contribution is 9.12. The molecule has 0 radical (unpaired) electrons. The fourth-order valence-electron chi connectivity index (χ4n) is 1.57. The number of pyridine rings is 1. The molecule has 0 unspecified atom stereocenters. The highest BCUT2D eigenvalue weighted by Gasteiger charge is 2.18. The van der Waals surface area contributed by atoms with E-state index in [9.17, 15) is 4.79 Å². The Kier molecular flexibility index (Phi) is 4.52. The lowest BCUT2D eigenvalue weighted by Gasteiger charge is -2.24. The first-order valence-corrected chi connectivity index (χ1v) is 6.69. The fourth-order valence-corrected chi connectivity index (χ4v) is 1.87. The molecule has 104 valence electrons. The van der Waals surface area contributed by atoms with Crippen molar-refractivity contribution in [3.8, 4) is 0 Å². The number of nitrogens with two attached hydrogens (primary N) is 1. The molecule has 20 heavy (non-hydrogen) atoms. The minimum absolute atomic E-state index is 0.0861. The zero-order valence-corrected chi connectivity index (χ0v) is 12.3. The lowest BCUT2D eigenvalue weighted by Crippen LogP contribution is -2.35. The smallest absolute Gasteiger partial charge is 0.242 e. The molecule has 1 aliphatic heterocycles. The maximum absolute atomic E-state index is 11.9. The fraction of sp³-hybridized carbons (Fsp3) is 0.154. The Bertz CT molecular complexity index is 582. The van der Waals surface area contributed by atoms with E-state index < -0.39 is 0 Å². The van der Waals surface area contributed by atoms with Crippen molar-refractivity contribution < 1.29 is 4.79 Å². The van der Waals surface area contributed by atoms with Gasteiger partial charge in [-0.25, -0.2) is 0 Å². The topological polar surface area (TPSA) is 83.6 Å². The molecule has 2 heterocycles. The van der Waals surface area contributed by atoms with E-state index in [0.717, 1.165) is 5.56 Å². The molecule has 1 aromatic rings. The molecule has 0 fully saturated rings. The van der Waals surface area contributed by atoms with Gasteiger partial charge in [0.25, 0.3) is 0 Å². The van der Waals surface area contributed by atoms with E-state index in [1.54, 1.807) is 12.4 Å². The zero-order chi connectivity index (χ0) is 14.5. The summed E-state index contributed by atoms with van der Waals surface area (Å²) in [5, 5.41) is 8.36. The number of hydrazone groups is 1. The summed E-state index contributed by atoms with van der Waals surface area (Å²) in [7, 11) is 0. The van der Waals surface area contributed by atoms with Gasteiger partial charge in [0.05, 0.1) is 22.1 Å². The number of hydrogen-bond donors (Lipinski definition) is 2. The van der Waals surface area contributed by atoms with Crippen LogP contribution >= 0.6 is 15.9 Å². The van der Waals surface area contributed by atoms with Gasteiger partial charge < -0.3 is 11.1 Å². The van der Waals surface area contributed by atoms with E-state index in [-0.39, 0.29) is 12.5 Å². The van der Waals surface area contributed by atoms with Crippen molar-refractivity contribution in [2.75, 3.05) is 6.54 Å². The molecule has 0 atom stereocenters. The van der Waals surface area contributed by atoms with E-state index in [4.69, 9.17) is 5.73 Å². The molecule has 0 spiro atoms. The Balaban J connectivity index is 1.87. The highest BCUT2D eigenvalue weighted by atomic mass is 79.9. The molecule has 0 saturated heterocycles. The van der Waals surface area contributed by atoms with Gasteiger partial charge in [-0.05, 0) is 33.6 Å². The average Bonchev–Trinajstić information content (AvgIpc) is 2.47. The number of allylic oxidation sites excluding steroid dienone is 2. The van der Waals surface area contributed by atoms with Gasteiger partial charge in [-0.3, -0.25) is 14.8 Å². The van der Waals surface area contributed by atoms with Gasteiger partial charge in [-0.15, -0.1) is 0 Å². The molecule has 0 aromatic carbocycles. The predicted molar refractivity (Wildman–Crippen MR) is 80.6 cm³/mol. The van der Waals surface area contributed by atoms with Gasteiger partial charge in [-0.2, -0.15) is 5.10 Å². The van der Waals surface area contributed by atoms with Crippen LogP contribution in [0.5, 0.6) is 0 Å². The third kappa shape index (κ3) is 3.45. The Hall–Kier alpha value is -2.15. The lowest BCUT2D eigenvalue weighted by atomic mass is 10.2. The van der Waals surface area contributed by atoms with Crippen LogP contribution < -0.4 is 11.1 Å². The van der Waals surface area contributed by atoms with Crippen LogP contribution in [0, 0.1) is 0 Å². The summed E-state index contributed by atoms with van der Waals surface area (Å²) in [6.45, 7) is 4.37. The van der Waals surface area contributed by atoms with Gasteiger partial charge in [0.2, 0.25) is 5.91 Å². The van der Waals surface area contributed by atoms with E-state index in [0.29, 0.717) is 22.4 Å². The molecule has 3 N–H and O–H groups in total. The summed E-state index contributed by atoms with van der Waals surface area (Å²) < 4.78 is 0.648. The molecule has 0 bridgehead atoms. The van der Waals surface area contributed by atoms with Crippen molar-refractivity contribution in [2.45, 2.75) is 6.54 Å². The number of amides is 1.